The first kappa shape index (κ1) is 13.4. The number of nitrogens with zero attached hydrogens (tertiary/aromatic N) is 1. The molecule has 3 unspecified atom stereocenters. The number of nitrogens with one attached hydrogen (secondary N) is 1. The van der Waals surface area contributed by atoms with E-state index in [1.165, 1.54) is 19.3 Å². The number of rotatable bonds is 2. The van der Waals surface area contributed by atoms with E-state index in [-0.39, 0.29) is 17.9 Å². The van der Waals surface area contributed by atoms with Crippen LogP contribution in [0.1, 0.15) is 46.5 Å². The van der Waals surface area contributed by atoms with Crippen LogP contribution >= 0.6 is 0 Å². The van der Waals surface area contributed by atoms with Crippen LogP contribution in [0.4, 0.5) is 4.79 Å². The van der Waals surface area contributed by atoms with E-state index in [1.807, 2.05) is 11.8 Å². The van der Waals surface area contributed by atoms with Gasteiger partial charge < -0.3 is 4.90 Å². The highest BCUT2D eigenvalue weighted by Crippen LogP contribution is 2.34. The van der Waals surface area contributed by atoms with E-state index in [2.05, 4.69) is 19.2 Å². The zero-order valence-electron chi connectivity index (χ0n) is 11.6. The molecule has 0 aromatic carbocycles. The van der Waals surface area contributed by atoms with E-state index in [0.717, 1.165) is 6.42 Å². The fourth-order valence-electron chi connectivity index (χ4n) is 3.35. The Morgan fingerprint density at radius 2 is 1.89 bits per heavy atom. The Kier molecular flexibility index (Phi) is 3.93. The molecule has 1 saturated heterocycles. The summed E-state index contributed by atoms with van der Waals surface area (Å²) in [6, 6.07) is 0.130. The smallest absolute Gasteiger partial charge is 0.320 e. The highest BCUT2D eigenvalue weighted by atomic mass is 16.2. The molecule has 2 rings (SSSR count). The van der Waals surface area contributed by atoms with Crippen LogP contribution in [0.5, 0.6) is 0 Å². The molecule has 1 aliphatic carbocycles. The molecular formula is C14H24N2O2. The van der Waals surface area contributed by atoms with E-state index in [0.29, 0.717) is 24.4 Å². The molecule has 4 nitrogen and oxygen atoms in total. The Bertz CT molecular complexity index is 341. The van der Waals surface area contributed by atoms with Gasteiger partial charge >= 0.3 is 6.03 Å². The molecular weight excluding hydrogens is 228 g/mol. The second-order valence-electron chi connectivity index (χ2n) is 6.11. The summed E-state index contributed by atoms with van der Waals surface area (Å²) in [4.78, 5) is 25.4. The van der Waals surface area contributed by atoms with Crippen LogP contribution in [0, 0.1) is 17.8 Å². The predicted molar refractivity (Wildman–Crippen MR) is 70.0 cm³/mol. The first-order chi connectivity index (χ1) is 8.50. The second-order valence-corrected chi connectivity index (χ2v) is 6.11. The zero-order chi connectivity index (χ0) is 13.3. The van der Waals surface area contributed by atoms with E-state index in [1.54, 1.807) is 0 Å². The lowest BCUT2D eigenvalue weighted by Gasteiger charge is -2.44. The molecule has 3 amide bonds. The zero-order valence-corrected chi connectivity index (χ0v) is 11.6. The van der Waals surface area contributed by atoms with Gasteiger partial charge in [-0.05, 0) is 24.7 Å². The van der Waals surface area contributed by atoms with Crippen LogP contribution < -0.4 is 5.32 Å². The van der Waals surface area contributed by atoms with Crippen LogP contribution in [0.2, 0.25) is 0 Å². The molecule has 0 radical (unpaired) electrons. The Morgan fingerprint density at radius 3 is 2.56 bits per heavy atom. The number of carbonyl (C=O) groups excluding carboxylic acids is 2. The van der Waals surface area contributed by atoms with Gasteiger partial charge in [-0.2, -0.15) is 0 Å². The molecule has 3 atom stereocenters. The van der Waals surface area contributed by atoms with Crippen molar-refractivity contribution >= 4 is 11.9 Å². The first-order valence-corrected chi connectivity index (χ1v) is 7.12. The lowest BCUT2D eigenvalue weighted by Crippen LogP contribution is -2.59. The van der Waals surface area contributed by atoms with Gasteiger partial charge in [0.05, 0.1) is 5.92 Å². The van der Waals surface area contributed by atoms with Gasteiger partial charge in [0.25, 0.3) is 0 Å². The number of hydrogen-bond donors (Lipinski definition) is 1. The van der Waals surface area contributed by atoms with Crippen molar-refractivity contribution in [2.24, 2.45) is 17.8 Å². The number of amides is 3. The minimum absolute atomic E-state index is 0.0857. The molecule has 0 aromatic rings. The van der Waals surface area contributed by atoms with Crippen LogP contribution in [0.3, 0.4) is 0 Å². The van der Waals surface area contributed by atoms with Crippen molar-refractivity contribution in [2.45, 2.75) is 52.5 Å². The minimum Gasteiger partial charge on any atom is -0.320 e. The van der Waals surface area contributed by atoms with Crippen LogP contribution in [-0.4, -0.2) is 29.4 Å². The topological polar surface area (TPSA) is 49.4 Å². The molecule has 4 heteroatoms. The fraction of sp³-hybridized carbons (Fsp3) is 0.857. The largest absolute Gasteiger partial charge is 0.324 e. The van der Waals surface area contributed by atoms with Gasteiger partial charge in [0.2, 0.25) is 5.91 Å². The maximum Gasteiger partial charge on any atom is 0.324 e. The Hall–Kier alpha value is -1.06. The van der Waals surface area contributed by atoms with E-state index < -0.39 is 0 Å². The molecule has 1 aliphatic heterocycles. The van der Waals surface area contributed by atoms with Crippen molar-refractivity contribution in [2.75, 3.05) is 6.54 Å². The maximum absolute atomic E-state index is 12.0. The van der Waals surface area contributed by atoms with E-state index in [9.17, 15) is 9.59 Å². The minimum atomic E-state index is -0.185. The molecule has 102 valence electrons. The van der Waals surface area contributed by atoms with Crippen molar-refractivity contribution in [3.05, 3.63) is 0 Å². The maximum atomic E-state index is 12.0. The van der Waals surface area contributed by atoms with Crippen molar-refractivity contribution in [1.29, 1.82) is 0 Å². The highest BCUT2D eigenvalue weighted by Gasteiger charge is 2.39. The summed E-state index contributed by atoms with van der Waals surface area (Å²) in [7, 11) is 0. The summed E-state index contributed by atoms with van der Waals surface area (Å²) in [5.74, 6) is 0.950. The molecule has 1 saturated carbocycles. The fourth-order valence-corrected chi connectivity index (χ4v) is 3.35. The van der Waals surface area contributed by atoms with Crippen LogP contribution in [0.25, 0.3) is 0 Å². The third-order valence-corrected chi connectivity index (χ3v) is 4.45. The van der Waals surface area contributed by atoms with Crippen molar-refractivity contribution in [3.63, 3.8) is 0 Å². The second kappa shape index (κ2) is 5.29. The van der Waals surface area contributed by atoms with Gasteiger partial charge in [-0.3, -0.25) is 10.1 Å². The molecule has 2 fully saturated rings. The van der Waals surface area contributed by atoms with Gasteiger partial charge in [0, 0.05) is 12.6 Å². The molecule has 2 aliphatic rings. The third kappa shape index (κ3) is 2.52. The number of imide groups is 1. The average Bonchev–Trinajstić information content (AvgIpc) is 2.34. The predicted octanol–water partition coefficient (Wildman–Crippen LogP) is 2.39. The van der Waals surface area contributed by atoms with E-state index >= 15 is 0 Å². The molecule has 1 N–H and O–H groups in total. The summed E-state index contributed by atoms with van der Waals surface area (Å²) in [6.45, 7) is 6.94. The molecule has 1 heterocycles. The molecule has 0 aromatic heterocycles. The summed E-state index contributed by atoms with van der Waals surface area (Å²) in [5, 5.41) is 2.48. The molecule has 0 spiro atoms. The Labute approximate surface area is 109 Å². The summed E-state index contributed by atoms with van der Waals surface area (Å²) in [6.07, 6.45) is 4.74. The normalized spacial score (nSPS) is 33.8. The van der Waals surface area contributed by atoms with Crippen LogP contribution in [-0.2, 0) is 4.79 Å². The monoisotopic (exact) mass is 252 g/mol. The Morgan fingerprint density at radius 1 is 1.22 bits per heavy atom. The van der Waals surface area contributed by atoms with Crippen molar-refractivity contribution < 1.29 is 9.59 Å². The van der Waals surface area contributed by atoms with Gasteiger partial charge in [-0.1, -0.05) is 33.6 Å². The summed E-state index contributed by atoms with van der Waals surface area (Å²) in [5.41, 5.74) is 0. The summed E-state index contributed by atoms with van der Waals surface area (Å²) >= 11 is 0. The first-order valence-electron chi connectivity index (χ1n) is 7.12. The molecule has 0 bridgehead atoms. The van der Waals surface area contributed by atoms with Gasteiger partial charge in [-0.15, -0.1) is 0 Å². The third-order valence-electron chi connectivity index (χ3n) is 4.45. The lowest BCUT2D eigenvalue weighted by atomic mass is 9.77. The van der Waals surface area contributed by atoms with Gasteiger partial charge in [-0.25, -0.2) is 4.79 Å². The van der Waals surface area contributed by atoms with Crippen molar-refractivity contribution in [1.82, 2.24) is 10.2 Å². The van der Waals surface area contributed by atoms with E-state index in [4.69, 9.17) is 0 Å². The number of hydrogen-bond acceptors (Lipinski definition) is 2. The van der Waals surface area contributed by atoms with Gasteiger partial charge in [0.1, 0.15) is 0 Å². The lowest BCUT2D eigenvalue weighted by molar-refractivity contribution is -0.126. The Balaban J connectivity index is 2.12. The van der Waals surface area contributed by atoms with Crippen LogP contribution in [0.15, 0.2) is 0 Å². The number of urea groups is 1. The SMILES string of the molecule is CC1CN(C2CCCCC2C(C)C)C(=O)NC1=O. The standard InChI is InChI=1S/C14H24N2O2/c1-9(2)11-6-4-5-7-12(11)16-8-10(3)13(17)15-14(16)18/h9-12H,4-8H2,1-3H3,(H,15,17,18). The molecule has 18 heavy (non-hydrogen) atoms. The average molecular weight is 252 g/mol. The van der Waals surface area contributed by atoms with Gasteiger partial charge in [0.15, 0.2) is 0 Å². The quantitative estimate of drug-likeness (QED) is 0.820. The highest BCUT2D eigenvalue weighted by molar-refractivity contribution is 5.97. The van der Waals surface area contributed by atoms with Crippen molar-refractivity contribution in [3.8, 4) is 0 Å². The number of carbonyl (C=O) groups is 2. The summed E-state index contributed by atoms with van der Waals surface area (Å²) < 4.78 is 0.